The summed E-state index contributed by atoms with van der Waals surface area (Å²) in [5.74, 6) is -3.96. The number of carbonyl (C=O) groups is 2. The van der Waals surface area contributed by atoms with Gasteiger partial charge in [0.05, 0.1) is 15.6 Å². The fourth-order valence-corrected chi connectivity index (χ4v) is 3.70. The van der Waals surface area contributed by atoms with Crippen molar-refractivity contribution in [3.05, 3.63) is 76.3 Å². The molecule has 0 aromatic heterocycles. The number of halogens is 7. The molecule has 0 fully saturated rings. The summed E-state index contributed by atoms with van der Waals surface area (Å²) < 4.78 is 70.4. The number of benzene rings is 2. The number of hydrogen-bond acceptors (Lipinski definition) is 3. The highest BCUT2D eigenvalue weighted by atomic mass is 35.5. The number of likely N-dealkylation sites (N-methyl/N-ethyl adjacent to an activating group) is 2. The first-order valence-corrected chi connectivity index (χ1v) is 10.7. The second-order valence-electron chi connectivity index (χ2n) is 7.70. The summed E-state index contributed by atoms with van der Waals surface area (Å²) in [5, 5.41) is 0.265. The van der Waals surface area contributed by atoms with E-state index in [1.807, 2.05) is 0 Å². The Bertz CT molecular complexity index is 1110. The minimum absolute atomic E-state index is 0.0576. The molecule has 2 aromatic rings. The minimum atomic E-state index is -4.74. The summed E-state index contributed by atoms with van der Waals surface area (Å²) >= 11 is 12.2. The Morgan fingerprint density at radius 1 is 1.03 bits per heavy atom. The van der Waals surface area contributed by atoms with Crippen molar-refractivity contribution in [2.45, 2.75) is 24.6 Å². The van der Waals surface area contributed by atoms with Crippen LogP contribution in [0.15, 0.2) is 49.1 Å². The van der Waals surface area contributed by atoms with Crippen molar-refractivity contribution >= 4 is 35.2 Å². The summed E-state index contributed by atoms with van der Waals surface area (Å²) in [4.78, 5) is 27.2. The second-order valence-corrected chi connectivity index (χ2v) is 8.51. The molecule has 0 bridgehead atoms. The largest absolute Gasteiger partial charge is 0.415 e. The normalized spacial score (nSPS) is 13.1. The molecule has 2 amide bonds. The molecule has 0 N–H and O–H groups in total. The second kappa shape index (κ2) is 11.3. The van der Waals surface area contributed by atoms with Crippen LogP contribution in [0.2, 0.25) is 10.0 Å². The average molecular weight is 539 g/mol. The average Bonchev–Trinajstić information content (AvgIpc) is 2.76. The van der Waals surface area contributed by atoms with Crippen molar-refractivity contribution in [1.29, 1.82) is 0 Å². The molecule has 0 saturated carbocycles. The Labute approximate surface area is 208 Å². The zero-order valence-electron chi connectivity index (χ0n) is 18.6. The van der Waals surface area contributed by atoms with E-state index in [1.165, 1.54) is 31.3 Å². The molecule has 2 aromatic carbocycles. The summed E-state index contributed by atoms with van der Waals surface area (Å²) in [7, 11) is 2.42. The number of nitrogens with zero attached hydrogens (tertiary/aromatic N) is 2. The molecule has 0 aliphatic heterocycles. The lowest BCUT2D eigenvalue weighted by molar-refractivity contribution is -0.161. The Morgan fingerprint density at radius 2 is 1.69 bits per heavy atom. The molecule has 190 valence electrons. The highest BCUT2D eigenvalue weighted by molar-refractivity contribution is 6.42. The molecule has 1 unspecified atom stereocenters. The lowest BCUT2D eigenvalue weighted by Crippen LogP contribution is -2.55. The smallest absolute Gasteiger partial charge is 0.410 e. The van der Waals surface area contributed by atoms with Gasteiger partial charge in [-0.1, -0.05) is 35.3 Å². The molecule has 5 nitrogen and oxygen atoms in total. The zero-order chi connectivity index (χ0) is 26.6. The van der Waals surface area contributed by atoms with Crippen molar-refractivity contribution < 1.29 is 36.3 Å². The summed E-state index contributed by atoms with van der Waals surface area (Å²) in [5.41, 5.74) is -1.22. The van der Waals surface area contributed by atoms with Crippen LogP contribution in [0.25, 0.3) is 0 Å². The van der Waals surface area contributed by atoms with Gasteiger partial charge in [0.15, 0.2) is 11.6 Å². The van der Waals surface area contributed by atoms with E-state index in [9.17, 15) is 31.5 Å². The molecule has 0 saturated heterocycles. The molecule has 35 heavy (non-hydrogen) atoms. The summed E-state index contributed by atoms with van der Waals surface area (Å²) in [6, 6.07) is 6.75. The van der Waals surface area contributed by atoms with Crippen molar-refractivity contribution in [2.75, 3.05) is 20.6 Å². The van der Waals surface area contributed by atoms with E-state index < -0.39 is 48.3 Å². The van der Waals surface area contributed by atoms with Crippen molar-refractivity contribution in [3.63, 3.8) is 0 Å². The van der Waals surface area contributed by atoms with Gasteiger partial charge in [0.2, 0.25) is 5.91 Å². The first-order valence-electron chi connectivity index (χ1n) is 9.98. The quantitative estimate of drug-likeness (QED) is 0.281. The van der Waals surface area contributed by atoms with Gasteiger partial charge >= 0.3 is 12.3 Å². The SMILES string of the molecule is C=CCC(CN(C)C(=O)CC(F)(F)F)(c1ccc(Cl)c(Cl)c1)N(C)C(=O)Oc1ccc(F)c(F)c1. The van der Waals surface area contributed by atoms with Gasteiger partial charge < -0.3 is 9.64 Å². The van der Waals surface area contributed by atoms with Crippen LogP contribution in [0.5, 0.6) is 5.75 Å². The van der Waals surface area contributed by atoms with Crippen LogP contribution in [-0.4, -0.2) is 48.6 Å². The van der Waals surface area contributed by atoms with Gasteiger partial charge in [-0.05, 0) is 36.2 Å². The monoisotopic (exact) mass is 538 g/mol. The Morgan fingerprint density at radius 3 is 2.23 bits per heavy atom. The third-order valence-electron chi connectivity index (χ3n) is 5.23. The summed E-state index contributed by atoms with van der Waals surface area (Å²) in [6.45, 7) is 3.24. The predicted molar refractivity (Wildman–Crippen MR) is 121 cm³/mol. The minimum Gasteiger partial charge on any atom is -0.410 e. The van der Waals surface area contributed by atoms with Gasteiger partial charge in [0.25, 0.3) is 0 Å². The molecule has 0 aliphatic carbocycles. The molecule has 0 spiro atoms. The molecule has 0 heterocycles. The van der Waals surface area contributed by atoms with E-state index in [1.54, 1.807) is 0 Å². The van der Waals surface area contributed by atoms with Gasteiger partial charge in [0, 0.05) is 26.7 Å². The Balaban J connectivity index is 2.53. The van der Waals surface area contributed by atoms with Crippen LogP contribution < -0.4 is 4.74 Å². The van der Waals surface area contributed by atoms with Crippen LogP contribution in [0, 0.1) is 11.6 Å². The van der Waals surface area contributed by atoms with Crippen molar-refractivity contribution in [2.24, 2.45) is 0 Å². The number of alkyl halides is 3. The van der Waals surface area contributed by atoms with E-state index in [0.29, 0.717) is 11.6 Å². The van der Waals surface area contributed by atoms with Crippen LogP contribution in [0.1, 0.15) is 18.4 Å². The first-order chi connectivity index (χ1) is 16.2. The number of hydrogen-bond donors (Lipinski definition) is 0. The maximum atomic E-state index is 13.6. The molecular formula is C23H21Cl2F5N2O3. The van der Waals surface area contributed by atoms with E-state index in [-0.39, 0.29) is 22.2 Å². The van der Waals surface area contributed by atoms with E-state index in [2.05, 4.69) is 6.58 Å². The summed E-state index contributed by atoms with van der Waals surface area (Å²) in [6.07, 6.45) is -6.18. The number of amides is 2. The maximum Gasteiger partial charge on any atom is 0.415 e. The van der Waals surface area contributed by atoms with Gasteiger partial charge in [-0.15, -0.1) is 6.58 Å². The molecule has 1 atom stereocenters. The molecular weight excluding hydrogens is 518 g/mol. The van der Waals surface area contributed by atoms with E-state index in [4.69, 9.17) is 27.9 Å². The van der Waals surface area contributed by atoms with E-state index >= 15 is 0 Å². The molecule has 2 rings (SSSR count). The molecule has 12 heteroatoms. The lowest BCUT2D eigenvalue weighted by Gasteiger charge is -2.43. The highest BCUT2D eigenvalue weighted by Crippen LogP contribution is 2.37. The van der Waals surface area contributed by atoms with Gasteiger partial charge in [0.1, 0.15) is 12.2 Å². The Hall–Kier alpha value is -2.85. The number of carbonyl (C=O) groups excluding carboxylic acids is 2. The molecule has 0 radical (unpaired) electrons. The predicted octanol–water partition coefficient (Wildman–Crippen LogP) is 6.58. The molecule has 0 aliphatic rings. The van der Waals surface area contributed by atoms with Crippen molar-refractivity contribution in [3.8, 4) is 5.75 Å². The van der Waals surface area contributed by atoms with Gasteiger partial charge in [-0.25, -0.2) is 13.6 Å². The van der Waals surface area contributed by atoms with Crippen LogP contribution in [-0.2, 0) is 10.3 Å². The fraction of sp³-hybridized carbons (Fsp3) is 0.304. The van der Waals surface area contributed by atoms with Crippen molar-refractivity contribution in [1.82, 2.24) is 9.80 Å². The van der Waals surface area contributed by atoms with Gasteiger partial charge in [-0.2, -0.15) is 13.2 Å². The number of rotatable bonds is 8. The zero-order valence-corrected chi connectivity index (χ0v) is 20.1. The first kappa shape index (κ1) is 28.4. The lowest BCUT2D eigenvalue weighted by atomic mass is 9.84. The van der Waals surface area contributed by atoms with Crippen LogP contribution >= 0.6 is 23.2 Å². The number of ether oxygens (including phenoxy) is 1. The third kappa shape index (κ3) is 7.08. The topological polar surface area (TPSA) is 49.9 Å². The van der Waals surface area contributed by atoms with Crippen LogP contribution in [0.4, 0.5) is 26.7 Å². The fourth-order valence-electron chi connectivity index (χ4n) is 3.41. The highest BCUT2D eigenvalue weighted by Gasteiger charge is 2.43. The van der Waals surface area contributed by atoms with Gasteiger partial charge in [-0.3, -0.25) is 9.69 Å². The van der Waals surface area contributed by atoms with Crippen LogP contribution in [0.3, 0.4) is 0 Å². The Kier molecular flexibility index (Phi) is 9.13. The maximum absolute atomic E-state index is 13.6. The standard InChI is InChI=1S/C23H21Cl2F5N2O3/c1-4-9-22(14-5-7-16(24)17(25)10-14,13-31(2)20(33)12-23(28,29)30)32(3)21(34)35-15-6-8-18(26)19(27)11-15/h4-8,10-11H,1,9,12-13H2,2-3H3. The third-order valence-corrected chi connectivity index (χ3v) is 5.97. The van der Waals surface area contributed by atoms with E-state index in [0.717, 1.165) is 29.0 Å².